The molecule has 2 heterocycles. The molecule has 3 nitrogen and oxygen atoms in total. The average molecular weight is 267 g/mol. The quantitative estimate of drug-likeness (QED) is 0.887. The Morgan fingerprint density at radius 1 is 1.39 bits per heavy atom. The molecule has 0 amide bonds. The summed E-state index contributed by atoms with van der Waals surface area (Å²) in [4.78, 5) is 7.23. The van der Waals surface area contributed by atoms with E-state index >= 15 is 0 Å². The lowest BCUT2D eigenvalue weighted by Gasteiger charge is -2.19. The molecular weight excluding hydrogens is 242 g/mol. The van der Waals surface area contributed by atoms with Gasteiger partial charge in [-0.25, -0.2) is 4.98 Å². The minimum Gasteiger partial charge on any atom is -0.348 e. The highest BCUT2D eigenvalue weighted by atomic mass is 32.1. The van der Waals surface area contributed by atoms with Gasteiger partial charge in [-0.2, -0.15) is 0 Å². The summed E-state index contributed by atoms with van der Waals surface area (Å²) in [7, 11) is 0. The number of rotatable bonds is 5. The van der Waals surface area contributed by atoms with Crippen molar-refractivity contribution < 1.29 is 0 Å². The molecule has 1 aliphatic rings. The first-order valence-electron chi connectivity index (χ1n) is 7.23. The fourth-order valence-corrected chi connectivity index (χ4v) is 3.42. The molecule has 18 heavy (non-hydrogen) atoms. The number of anilines is 1. The van der Waals surface area contributed by atoms with Gasteiger partial charge in [-0.1, -0.05) is 20.3 Å². The molecule has 0 radical (unpaired) electrons. The van der Waals surface area contributed by atoms with Gasteiger partial charge in [0.1, 0.15) is 0 Å². The summed E-state index contributed by atoms with van der Waals surface area (Å²) in [5, 5.41) is 6.75. The summed E-state index contributed by atoms with van der Waals surface area (Å²) < 4.78 is 0. The standard InChI is InChI=1S/C14H25N3S/c1-3-12-6-5-8-17(9-7-12)14-16-13(11-18-14)10-15-4-2/h11-12,15H,3-10H2,1-2H3. The number of thiazole rings is 1. The van der Waals surface area contributed by atoms with E-state index in [2.05, 4.69) is 29.4 Å². The lowest BCUT2D eigenvalue weighted by atomic mass is 9.98. The van der Waals surface area contributed by atoms with Crippen LogP contribution in [0.1, 0.15) is 45.2 Å². The fourth-order valence-electron chi connectivity index (χ4n) is 2.54. The minimum atomic E-state index is 0.901. The van der Waals surface area contributed by atoms with Crippen molar-refractivity contribution in [1.29, 1.82) is 0 Å². The molecule has 1 aromatic rings. The van der Waals surface area contributed by atoms with Crippen molar-refractivity contribution in [3.05, 3.63) is 11.1 Å². The number of hydrogen-bond acceptors (Lipinski definition) is 4. The predicted octanol–water partition coefficient (Wildman–Crippen LogP) is 3.27. The molecule has 1 aliphatic heterocycles. The average Bonchev–Trinajstić information content (AvgIpc) is 2.73. The highest BCUT2D eigenvalue weighted by Crippen LogP contribution is 2.26. The number of aromatic nitrogens is 1. The van der Waals surface area contributed by atoms with E-state index in [0.717, 1.165) is 19.0 Å². The highest BCUT2D eigenvalue weighted by molar-refractivity contribution is 7.13. The van der Waals surface area contributed by atoms with Crippen LogP contribution in [-0.2, 0) is 6.54 Å². The van der Waals surface area contributed by atoms with E-state index in [1.807, 2.05) is 0 Å². The fraction of sp³-hybridized carbons (Fsp3) is 0.786. The largest absolute Gasteiger partial charge is 0.348 e. The molecule has 2 rings (SSSR count). The Morgan fingerprint density at radius 2 is 2.28 bits per heavy atom. The van der Waals surface area contributed by atoms with Crippen LogP contribution < -0.4 is 10.2 Å². The van der Waals surface area contributed by atoms with Crippen LogP contribution in [0.4, 0.5) is 5.13 Å². The molecule has 0 aromatic carbocycles. The molecule has 1 N–H and O–H groups in total. The smallest absolute Gasteiger partial charge is 0.185 e. The van der Waals surface area contributed by atoms with E-state index < -0.39 is 0 Å². The zero-order chi connectivity index (χ0) is 12.8. The van der Waals surface area contributed by atoms with Crippen LogP contribution in [0.25, 0.3) is 0 Å². The first kappa shape index (κ1) is 13.8. The molecule has 1 aromatic heterocycles. The lowest BCUT2D eigenvalue weighted by molar-refractivity contribution is 0.459. The molecular formula is C14H25N3S. The van der Waals surface area contributed by atoms with E-state index in [0.29, 0.717) is 0 Å². The van der Waals surface area contributed by atoms with Gasteiger partial charge < -0.3 is 10.2 Å². The van der Waals surface area contributed by atoms with E-state index in [1.54, 1.807) is 11.3 Å². The van der Waals surface area contributed by atoms with Crippen LogP contribution in [0.15, 0.2) is 5.38 Å². The van der Waals surface area contributed by atoms with Gasteiger partial charge in [0.2, 0.25) is 0 Å². The third kappa shape index (κ3) is 3.69. The Balaban J connectivity index is 1.92. The zero-order valence-corrected chi connectivity index (χ0v) is 12.4. The maximum absolute atomic E-state index is 4.75. The molecule has 0 bridgehead atoms. The summed E-state index contributed by atoms with van der Waals surface area (Å²) in [6.45, 7) is 8.73. The second-order valence-corrected chi connectivity index (χ2v) is 5.93. The molecule has 0 spiro atoms. The van der Waals surface area contributed by atoms with E-state index in [4.69, 9.17) is 4.98 Å². The van der Waals surface area contributed by atoms with Gasteiger partial charge in [-0.05, 0) is 31.7 Å². The Kier molecular flexibility index (Phi) is 5.45. The summed E-state index contributed by atoms with van der Waals surface area (Å²) in [5.74, 6) is 0.927. The van der Waals surface area contributed by atoms with E-state index in [9.17, 15) is 0 Å². The van der Waals surface area contributed by atoms with Gasteiger partial charge in [0.05, 0.1) is 5.69 Å². The molecule has 4 heteroatoms. The van der Waals surface area contributed by atoms with Crippen LogP contribution in [0.2, 0.25) is 0 Å². The van der Waals surface area contributed by atoms with Gasteiger partial charge in [-0.15, -0.1) is 11.3 Å². The topological polar surface area (TPSA) is 28.2 Å². The Hall–Kier alpha value is -0.610. The van der Waals surface area contributed by atoms with Crippen LogP contribution >= 0.6 is 11.3 Å². The maximum atomic E-state index is 4.75. The normalized spacial score (nSPS) is 21.0. The molecule has 102 valence electrons. The summed E-state index contributed by atoms with van der Waals surface area (Å²) in [6.07, 6.45) is 5.37. The number of nitrogens with one attached hydrogen (secondary N) is 1. The third-order valence-corrected chi connectivity index (χ3v) is 4.74. The van der Waals surface area contributed by atoms with Crippen LogP contribution in [0, 0.1) is 5.92 Å². The predicted molar refractivity (Wildman–Crippen MR) is 79.3 cm³/mol. The number of hydrogen-bond donors (Lipinski definition) is 1. The molecule has 0 saturated carbocycles. The summed E-state index contributed by atoms with van der Waals surface area (Å²) >= 11 is 1.80. The molecule has 1 unspecified atom stereocenters. The van der Waals surface area contributed by atoms with E-state index in [1.165, 1.54) is 49.6 Å². The molecule has 0 aliphatic carbocycles. The van der Waals surface area contributed by atoms with Gasteiger partial charge in [0, 0.05) is 25.0 Å². The van der Waals surface area contributed by atoms with Gasteiger partial charge in [0.25, 0.3) is 0 Å². The van der Waals surface area contributed by atoms with Crippen LogP contribution in [-0.4, -0.2) is 24.6 Å². The summed E-state index contributed by atoms with van der Waals surface area (Å²) in [5.41, 5.74) is 1.19. The third-order valence-electron chi connectivity index (χ3n) is 3.79. The monoisotopic (exact) mass is 267 g/mol. The van der Waals surface area contributed by atoms with Crippen molar-refractivity contribution in [2.24, 2.45) is 5.92 Å². The maximum Gasteiger partial charge on any atom is 0.185 e. The Morgan fingerprint density at radius 3 is 3.06 bits per heavy atom. The first-order valence-corrected chi connectivity index (χ1v) is 8.11. The van der Waals surface area contributed by atoms with Crippen molar-refractivity contribution in [2.45, 2.75) is 46.1 Å². The minimum absolute atomic E-state index is 0.901. The van der Waals surface area contributed by atoms with Gasteiger partial charge in [0.15, 0.2) is 5.13 Å². The number of nitrogens with zero attached hydrogens (tertiary/aromatic N) is 2. The van der Waals surface area contributed by atoms with Crippen molar-refractivity contribution in [2.75, 3.05) is 24.5 Å². The second-order valence-electron chi connectivity index (χ2n) is 5.09. The molecule has 1 atom stereocenters. The van der Waals surface area contributed by atoms with E-state index in [-0.39, 0.29) is 0 Å². The van der Waals surface area contributed by atoms with Gasteiger partial charge in [-0.3, -0.25) is 0 Å². The second kappa shape index (κ2) is 7.10. The van der Waals surface area contributed by atoms with Gasteiger partial charge >= 0.3 is 0 Å². The first-order chi connectivity index (χ1) is 8.83. The SMILES string of the molecule is CCNCc1csc(N2CCCC(CC)CC2)n1. The lowest BCUT2D eigenvalue weighted by Crippen LogP contribution is -2.24. The Bertz CT molecular complexity index is 351. The molecule has 1 fully saturated rings. The molecule has 1 saturated heterocycles. The van der Waals surface area contributed by atoms with Crippen molar-refractivity contribution >= 4 is 16.5 Å². The van der Waals surface area contributed by atoms with Crippen LogP contribution in [0.3, 0.4) is 0 Å². The van der Waals surface area contributed by atoms with Crippen molar-refractivity contribution in [1.82, 2.24) is 10.3 Å². The highest BCUT2D eigenvalue weighted by Gasteiger charge is 2.17. The summed E-state index contributed by atoms with van der Waals surface area (Å²) in [6, 6.07) is 0. The Labute approximate surface area is 115 Å². The van der Waals surface area contributed by atoms with Crippen LogP contribution in [0.5, 0.6) is 0 Å². The van der Waals surface area contributed by atoms with Crippen molar-refractivity contribution in [3.63, 3.8) is 0 Å². The zero-order valence-electron chi connectivity index (χ0n) is 11.6. The van der Waals surface area contributed by atoms with Crippen molar-refractivity contribution in [3.8, 4) is 0 Å².